The number of aromatic nitrogens is 2. The van der Waals surface area contributed by atoms with E-state index in [1.165, 1.54) is 24.8 Å². The smallest absolute Gasteiger partial charge is 0.255 e. The fourth-order valence-corrected chi connectivity index (χ4v) is 4.53. The highest BCUT2D eigenvalue weighted by Crippen LogP contribution is 2.48. The molecule has 4 heteroatoms. The van der Waals surface area contributed by atoms with Gasteiger partial charge in [-0.3, -0.25) is 4.79 Å². The Balaban J connectivity index is 1.87. The molecule has 0 atom stereocenters. The minimum absolute atomic E-state index is 0.0313. The molecule has 0 bridgehead atoms. The molecule has 0 unspecified atom stereocenters. The van der Waals surface area contributed by atoms with E-state index in [0.29, 0.717) is 12.4 Å². The molecular weight excluding hydrogens is 312 g/mol. The first-order valence-electron chi connectivity index (χ1n) is 9.43. The van der Waals surface area contributed by atoms with Gasteiger partial charge in [0.2, 0.25) is 0 Å². The number of nitrogens with one attached hydrogen (secondary N) is 1. The third kappa shape index (κ3) is 2.93. The van der Waals surface area contributed by atoms with Gasteiger partial charge in [-0.15, -0.1) is 0 Å². The third-order valence-corrected chi connectivity index (χ3v) is 5.66. The largest absolute Gasteiger partial charge is 0.371 e. The molecule has 2 aliphatic rings. The zero-order chi connectivity index (χ0) is 17.4. The number of H-pyrrole nitrogens is 1. The molecule has 1 aromatic carbocycles. The first-order chi connectivity index (χ1) is 12.1. The lowest BCUT2D eigenvalue weighted by Gasteiger charge is -2.41. The van der Waals surface area contributed by atoms with Gasteiger partial charge in [0.25, 0.3) is 5.56 Å². The van der Waals surface area contributed by atoms with Crippen molar-refractivity contribution in [2.75, 3.05) is 0 Å². The first-order valence-corrected chi connectivity index (χ1v) is 9.43. The van der Waals surface area contributed by atoms with Gasteiger partial charge in [-0.05, 0) is 38.7 Å². The van der Waals surface area contributed by atoms with Crippen LogP contribution < -0.4 is 5.56 Å². The molecular formula is C21H26N2O2. The Morgan fingerprint density at radius 1 is 1.20 bits per heavy atom. The number of fused-ring (bicyclic) bond motifs is 4. The molecule has 25 heavy (non-hydrogen) atoms. The van der Waals surface area contributed by atoms with Gasteiger partial charge in [0, 0.05) is 11.0 Å². The van der Waals surface area contributed by atoms with Crippen LogP contribution in [0.4, 0.5) is 0 Å². The van der Waals surface area contributed by atoms with Crippen LogP contribution in [-0.2, 0) is 23.2 Å². The number of nitrogens with zero attached hydrogens (tertiary/aromatic N) is 1. The molecule has 1 heterocycles. The normalized spacial score (nSPS) is 18.2. The van der Waals surface area contributed by atoms with Crippen LogP contribution in [0.15, 0.2) is 29.1 Å². The number of hydrogen-bond donors (Lipinski definition) is 1. The standard InChI is InChI=1S/C21H26N2O2/c1-14(2)25-13-17-22-19-16-9-5-4-8-15(16)12-21(10-6-3-7-11-21)18(19)20(24)23-17/h4-5,8-9,14H,3,6-7,10-13H2,1-2H3,(H,22,23,24). The van der Waals surface area contributed by atoms with E-state index in [-0.39, 0.29) is 17.1 Å². The van der Waals surface area contributed by atoms with E-state index in [2.05, 4.69) is 23.2 Å². The molecule has 132 valence electrons. The van der Waals surface area contributed by atoms with Gasteiger partial charge in [0.15, 0.2) is 0 Å². The summed E-state index contributed by atoms with van der Waals surface area (Å²) in [5, 5.41) is 0. The molecule has 1 spiro atoms. The van der Waals surface area contributed by atoms with Gasteiger partial charge in [0.05, 0.1) is 17.4 Å². The fourth-order valence-electron chi connectivity index (χ4n) is 4.53. The summed E-state index contributed by atoms with van der Waals surface area (Å²) >= 11 is 0. The van der Waals surface area contributed by atoms with Crippen molar-refractivity contribution in [1.82, 2.24) is 9.97 Å². The van der Waals surface area contributed by atoms with Crippen LogP contribution in [0.3, 0.4) is 0 Å². The summed E-state index contributed by atoms with van der Waals surface area (Å²) in [6.07, 6.45) is 6.89. The molecule has 1 saturated carbocycles. The predicted molar refractivity (Wildman–Crippen MR) is 98.7 cm³/mol. The molecule has 1 N–H and O–H groups in total. The summed E-state index contributed by atoms with van der Waals surface area (Å²) in [6, 6.07) is 8.43. The van der Waals surface area contributed by atoms with Gasteiger partial charge < -0.3 is 9.72 Å². The van der Waals surface area contributed by atoms with Crippen LogP contribution in [0.5, 0.6) is 0 Å². The topological polar surface area (TPSA) is 55.0 Å². The van der Waals surface area contributed by atoms with Gasteiger partial charge in [-0.1, -0.05) is 43.5 Å². The van der Waals surface area contributed by atoms with Crippen LogP contribution in [0, 0.1) is 0 Å². The summed E-state index contributed by atoms with van der Waals surface area (Å²) in [4.78, 5) is 20.9. The van der Waals surface area contributed by atoms with Crippen LogP contribution in [0.2, 0.25) is 0 Å². The highest BCUT2D eigenvalue weighted by molar-refractivity contribution is 5.71. The lowest BCUT2D eigenvalue weighted by molar-refractivity contribution is 0.0611. The lowest BCUT2D eigenvalue weighted by atomic mass is 9.62. The molecule has 0 saturated heterocycles. The van der Waals surface area contributed by atoms with E-state index in [1.807, 2.05) is 19.9 Å². The molecule has 0 amide bonds. The van der Waals surface area contributed by atoms with Gasteiger partial charge >= 0.3 is 0 Å². The Kier molecular flexibility index (Phi) is 4.24. The fraction of sp³-hybridized carbons (Fsp3) is 0.524. The Labute approximate surface area is 148 Å². The molecule has 0 aliphatic heterocycles. The third-order valence-electron chi connectivity index (χ3n) is 5.66. The van der Waals surface area contributed by atoms with E-state index in [9.17, 15) is 4.79 Å². The predicted octanol–water partition coefficient (Wildman–Crippen LogP) is 4.12. The van der Waals surface area contributed by atoms with Crippen molar-refractivity contribution in [3.8, 4) is 11.3 Å². The van der Waals surface area contributed by atoms with Crippen molar-refractivity contribution in [2.45, 2.75) is 70.5 Å². The van der Waals surface area contributed by atoms with Crippen molar-refractivity contribution in [3.63, 3.8) is 0 Å². The highest BCUT2D eigenvalue weighted by Gasteiger charge is 2.42. The molecule has 1 fully saturated rings. The van der Waals surface area contributed by atoms with E-state index in [1.54, 1.807) is 0 Å². The minimum Gasteiger partial charge on any atom is -0.371 e. The highest BCUT2D eigenvalue weighted by atomic mass is 16.5. The van der Waals surface area contributed by atoms with E-state index >= 15 is 0 Å². The van der Waals surface area contributed by atoms with Gasteiger partial charge in [-0.2, -0.15) is 0 Å². The Morgan fingerprint density at radius 2 is 1.96 bits per heavy atom. The number of ether oxygens (including phenoxy) is 1. The molecule has 2 aliphatic carbocycles. The summed E-state index contributed by atoms with van der Waals surface area (Å²) in [5.41, 5.74) is 4.23. The monoisotopic (exact) mass is 338 g/mol. The lowest BCUT2D eigenvalue weighted by Crippen LogP contribution is -2.41. The second-order valence-electron chi connectivity index (χ2n) is 7.77. The maximum absolute atomic E-state index is 13.1. The summed E-state index contributed by atoms with van der Waals surface area (Å²) < 4.78 is 5.67. The quantitative estimate of drug-likeness (QED) is 0.916. The molecule has 2 aromatic rings. The van der Waals surface area contributed by atoms with E-state index in [4.69, 9.17) is 9.72 Å². The SMILES string of the molecule is CC(C)OCc1nc2c(c(=O)[nH]1)C1(CCCCC1)Cc1ccccc1-2. The number of benzene rings is 1. The van der Waals surface area contributed by atoms with E-state index in [0.717, 1.165) is 36.1 Å². The second-order valence-corrected chi connectivity index (χ2v) is 7.77. The molecule has 0 radical (unpaired) electrons. The summed E-state index contributed by atoms with van der Waals surface area (Å²) in [6.45, 7) is 4.32. The molecule has 1 aromatic heterocycles. The average Bonchev–Trinajstić information content (AvgIpc) is 2.60. The maximum atomic E-state index is 13.1. The zero-order valence-electron chi connectivity index (χ0n) is 15.1. The zero-order valence-corrected chi connectivity index (χ0v) is 15.1. The van der Waals surface area contributed by atoms with Crippen molar-refractivity contribution in [2.24, 2.45) is 0 Å². The molecule has 4 nitrogen and oxygen atoms in total. The summed E-state index contributed by atoms with van der Waals surface area (Å²) in [7, 11) is 0. The Bertz CT molecular complexity index is 832. The van der Waals surface area contributed by atoms with Crippen molar-refractivity contribution < 1.29 is 4.74 Å². The Morgan fingerprint density at radius 3 is 2.72 bits per heavy atom. The number of aromatic amines is 1. The Hall–Kier alpha value is -1.94. The van der Waals surface area contributed by atoms with Crippen molar-refractivity contribution in [3.05, 3.63) is 51.6 Å². The molecule has 4 rings (SSSR count). The van der Waals surface area contributed by atoms with Crippen molar-refractivity contribution in [1.29, 1.82) is 0 Å². The van der Waals surface area contributed by atoms with E-state index < -0.39 is 0 Å². The van der Waals surface area contributed by atoms with Crippen molar-refractivity contribution >= 4 is 0 Å². The van der Waals surface area contributed by atoms with Gasteiger partial charge in [0.1, 0.15) is 12.4 Å². The van der Waals surface area contributed by atoms with Crippen LogP contribution in [0.1, 0.15) is 62.9 Å². The second kappa shape index (κ2) is 6.41. The number of hydrogen-bond acceptors (Lipinski definition) is 3. The summed E-state index contributed by atoms with van der Waals surface area (Å²) in [5.74, 6) is 0.625. The van der Waals surface area contributed by atoms with Crippen LogP contribution in [0.25, 0.3) is 11.3 Å². The maximum Gasteiger partial charge on any atom is 0.255 e. The van der Waals surface area contributed by atoms with Crippen LogP contribution in [-0.4, -0.2) is 16.1 Å². The first kappa shape index (κ1) is 16.5. The van der Waals surface area contributed by atoms with Crippen LogP contribution >= 0.6 is 0 Å². The number of rotatable bonds is 3. The average molecular weight is 338 g/mol. The minimum atomic E-state index is -0.0417. The van der Waals surface area contributed by atoms with Gasteiger partial charge in [-0.25, -0.2) is 4.98 Å².